The lowest BCUT2D eigenvalue weighted by Crippen LogP contribution is -2.41. The van der Waals surface area contributed by atoms with E-state index in [0.29, 0.717) is 36.2 Å². The molecular weight excluding hydrogens is 432 g/mol. The average Bonchev–Trinajstić information content (AvgIpc) is 2.73. The van der Waals surface area contributed by atoms with E-state index >= 15 is 0 Å². The smallest absolute Gasteiger partial charge is 0.190 e. The van der Waals surface area contributed by atoms with Crippen molar-refractivity contribution in [3.63, 3.8) is 0 Å². The Morgan fingerprint density at radius 1 is 0.844 bits per heavy atom. The van der Waals surface area contributed by atoms with Gasteiger partial charge in [-0.05, 0) is 82.9 Å². The maximum atomic E-state index is 12.8. The highest BCUT2D eigenvalue weighted by atomic mass is 28.4. The molecule has 0 spiro atoms. The molecule has 2 aliphatic rings. The van der Waals surface area contributed by atoms with E-state index in [1.807, 2.05) is 18.2 Å². The second-order valence-electron chi connectivity index (χ2n) is 10.7. The predicted molar refractivity (Wildman–Crippen MR) is 136 cm³/mol. The Hall–Kier alpha value is -1.09. The molecule has 6 heteroatoms. The van der Waals surface area contributed by atoms with Gasteiger partial charge in [-0.25, -0.2) is 0 Å². The van der Waals surface area contributed by atoms with Gasteiger partial charge in [-0.3, -0.25) is 9.59 Å². The number of benzene rings is 1. The van der Waals surface area contributed by atoms with Gasteiger partial charge in [0.05, 0.1) is 0 Å². The lowest BCUT2D eigenvalue weighted by Gasteiger charge is -2.35. The minimum absolute atomic E-state index is 0.144. The molecule has 4 nitrogen and oxygen atoms in total. The highest BCUT2D eigenvalue weighted by molar-refractivity contribution is 6.73. The zero-order valence-corrected chi connectivity index (χ0v) is 22.6. The molecular formula is C26H42O4Si2. The first kappa shape index (κ1) is 25.5. The van der Waals surface area contributed by atoms with Crippen molar-refractivity contribution in [3.05, 3.63) is 35.4 Å². The number of rotatable bonds is 10. The van der Waals surface area contributed by atoms with Gasteiger partial charge in [0.1, 0.15) is 0 Å². The molecule has 178 valence electrons. The van der Waals surface area contributed by atoms with Gasteiger partial charge in [0, 0.05) is 36.2 Å². The quantitative estimate of drug-likeness (QED) is 0.267. The minimum Gasteiger partial charge on any atom is -0.414 e. The Labute approximate surface area is 196 Å². The van der Waals surface area contributed by atoms with Crippen LogP contribution in [0.3, 0.4) is 0 Å². The Bertz CT molecular complexity index is 737. The van der Waals surface area contributed by atoms with Gasteiger partial charge in [-0.15, -0.1) is 0 Å². The summed E-state index contributed by atoms with van der Waals surface area (Å²) in [5.41, 5.74) is 1.35. The van der Waals surface area contributed by atoms with Gasteiger partial charge < -0.3 is 8.85 Å². The van der Waals surface area contributed by atoms with Crippen LogP contribution in [-0.2, 0) is 8.85 Å². The maximum absolute atomic E-state index is 12.8. The van der Waals surface area contributed by atoms with Crippen molar-refractivity contribution in [1.82, 2.24) is 0 Å². The van der Waals surface area contributed by atoms with Crippen LogP contribution in [0.15, 0.2) is 24.3 Å². The van der Waals surface area contributed by atoms with E-state index < -0.39 is 16.6 Å². The van der Waals surface area contributed by atoms with Crippen LogP contribution in [0.2, 0.25) is 37.3 Å². The molecule has 0 amide bonds. The van der Waals surface area contributed by atoms with E-state index in [2.05, 4.69) is 26.9 Å². The summed E-state index contributed by atoms with van der Waals surface area (Å²) >= 11 is 0. The van der Waals surface area contributed by atoms with Gasteiger partial charge in [0.2, 0.25) is 0 Å². The predicted octanol–water partition coefficient (Wildman–Crippen LogP) is 7.16. The molecule has 0 aliphatic carbocycles. The Morgan fingerprint density at radius 3 is 1.69 bits per heavy atom. The Morgan fingerprint density at radius 2 is 1.28 bits per heavy atom. The minimum atomic E-state index is -1.65. The third-order valence-electron chi connectivity index (χ3n) is 7.33. The standard InChI is InChI=1S/C26H42O4Si2/c1-21-10-6-16-31(3,29-21)18-8-14-25(27)23-12-5-13-24(20-23)26(28)15-9-19-32(4)17-7-11-22(2)30-32/h5,12-13,20-22H,6-11,14-19H2,1-4H3. The first-order chi connectivity index (χ1) is 15.2. The molecule has 0 saturated carbocycles. The SMILES string of the molecule is CC1CCC[Si](C)(CCCC(=O)c2cccc(C(=O)CCC[Si]3(C)CCCC(C)O3)c2)O1. The van der Waals surface area contributed by atoms with Crippen LogP contribution in [0.4, 0.5) is 0 Å². The first-order valence-corrected chi connectivity index (χ1v) is 18.3. The summed E-state index contributed by atoms with van der Waals surface area (Å²) < 4.78 is 12.6. The normalized spacial score (nSPS) is 30.8. The Kier molecular flexibility index (Phi) is 9.07. The summed E-state index contributed by atoms with van der Waals surface area (Å²) in [6, 6.07) is 11.9. The number of Topliss-reactive ketones (excluding diaryl/α,β-unsaturated/α-hetero) is 2. The van der Waals surface area contributed by atoms with Crippen LogP contribution >= 0.6 is 0 Å². The zero-order valence-electron chi connectivity index (χ0n) is 20.6. The molecule has 0 bridgehead atoms. The molecule has 1 aromatic carbocycles. The van der Waals surface area contributed by atoms with Gasteiger partial charge >= 0.3 is 0 Å². The van der Waals surface area contributed by atoms with Crippen LogP contribution in [0.25, 0.3) is 0 Å². The van der Waals surface area contributed by atoms with Crippen molar-refractivity contribution in [2.45, 2.75) is 115 Å². The first-order valence-electron chi connectivity index (χ1n) is 12.7. The summed E-state index contributed by atoms with van der Waals surface area (Å²) in [7, 11) is -3.30. The molecule has 0 aromatic heterocycles. The number of carbonyl (C=O) groups is 2. The topological polar surface area (TPSA) is 52.6 Å². The molecule has 4 atom stereocenters. The van der Waals surface area contributed by atoms with E-state index in [1.165, 1.54) is 24.9 Å². The van der Waals surface area contributed by atoms with Gasteiger partial charge in [-0.1, -0.05) is 31.0 Å². The fourth-order valence-electron chi connectivity index (χ4n) is 5.50. The van der Waals surface area contributed by atoms with Gasteiger partial charge in [-0.2, -0.15) is 0 Å². The third-order valence-corrected chi connectivity index (χ3v) is 14.9. The van der Waals surface area contributed by atoms with Crippen molar-refractivity contribution in [3.8, 4) is 0 Å². The highest BCUT2D eigenvalue weighted by Crippen LogP contribution is 2.32. The molecule has 2 saturated heterocycles. The fraction of sp³-hybridized carbons (Fsp3) is 0.692. The lowest BCUT2D eigenvalue weighted by molar-refractivity contribution is 0.0979. The van der Waals surface area contributed by atoms with Gasteiger partial charge in [0.15, 0.2) is 28.2 Å². The van der Waals surface area contributed by atoms with Crippen molar-refractivity contribution in [1.29, 1.82) is 0 Å². The van der Waals surface area contributed by atoms with E-state index in [-0.39, 0.29) is 11.6 Å². The maximum Gasteiger partial charge on any atom is 0.190 e. The zero-order chi connectivity index (χ0) is 23.2. The largest absolute Gasteiger partial charge is 0.414 e. The molecule has 32 heavy (non-hydrogen) atoms. The summed E-state index contributed by atoms with van der Waals surface area (Å²) in [5.74, 6) is 0.288. The average molecular weight is 475 g/mol. The molecule has 0 N–H and O–H groups in total. The summed E-state index contributed by atoms with van der Waals surface area (Å²) in [6.07, 6.45) is 8.43. The second kappa shape index (κ2) is 11.4. The molecule has 4 unspecified atom stereocenters. The number of hydrogen-bond acceptors (Lipinski definition) is 4. The molecule has 3 rings (SSSR count). The monoisotopic (exact) mass is 474 g/mol. The van der Waals surface area contributed by atoms with Crippen LogP contribution in [0.5, 0.6) is 0 Å². The van der Waals surface area contributed by atoms with E-state index in [9.17, 15) is 9.59 Å². The van der Waals surface area contributed by atoms with Crippen LogP contribution in [0.1, 0.15) is 85.9 Å². The highest BCUT2D eigenvalue weighted by Gasteiger charge is 2.34. The Balaban J connectivity index is 1.46. The number of ketones is 2. The number of carbonyl (C=O) groups excluding carboxylic acids is 2. The second-order valence-corrected chi connectivity index (χ2v) is 18.9. The van der Waals surface area contributed by atoms with E-state index in [0.717, 1.165) is 37.8 Å². The molecule has 1 aromatic rings. The molecule has 2 aliphatic heterocycles. The number of hydrogen-bond donors (Lipinski definition) is 0. The van der Waals surface area contributed by atoms with Crippen molar-refractivity contribution < 1.29 is 18.4 Å². The van der Waals surface area contributed by atoms with Crippen LogP contribution < -0.4 is 0 Å². The summed E-state index contributed by atoms with van der Waals surface area (Å²) in [5, 5.41) is 0. The summed E-state index contributed by atoms with van der Waals surface area (Å²) in [4.78, 5) is 25.6. The molecule has 0 radical (unpaired) electrons. The molecule has 2 fully saturated rings. The van der Waals surface area contributed by atoms with Crippen LogP contribution in [-0.4, -0.2) is 40.4 Å². The van der Waals surface area contributed by atoms with Crippen molar-refractivity contribution in [2.24, 2.45) is 0 Å². The summed E-state index contributed by atoms with van der Waals surface area (Å²) in [6.45, 7) is 8.97. The van der Waals surface area contributed by atoms with Gasteiger partial charge in [0.25, 0.3) is 0 Å². The van der Waals surface area contributed by atoms with E-state index in [4.69, 9.17) is 8.85 Å². The van der Waals surface area contributed by atoms with Crippen molar-refractivity contribution in [2.75, 3.05) is 0 Å². The molecule has 2 heterocycles. The third kappa shape index (κ3) is 7.47. The van der Waals surface area contributed by atoms with E-state index in [1.54, 1.807) is 6.07 Å². The van der Waals surface area contributed by atoms with Crippen LogP contribution in [0, 0.1) is 0 Å². The fourth-order valence-corrected chi connectivity index (χ4v) is 12.4. The lowest BCUT2D eigenvalue weighted by atomic mass is 10.0. The van der Waals surface area contributed by atoms with Crippen molar-refractivity contribution >= 4 is 28.2 Å².